The van der Waals surface area contributed by atoms with Crippen LogP contribution in [0.2, 0.25) is 0 Å². The lowest BCUT2D eigenvalue weighted by Crippen LogP contribution is -2.27. The molecule has 0 heterocycles. The molecule has 1 rings (SSSR count). The van der Waals surface area contributed by atoms with Gasteiger partial charge in [-0.2, -0.15) is 0 Å². The fourth-order valence-electron chi connectivity index (χ4n) is 1.46. The molecular weight excluding hydrogens is 212 g/mol. The molecule has 0 radical (unpaired) electrons. The lowest BCUT2D eigenvalue weighted by Gasteiger charge is -2.13. The second-order valence-electron chi connectivity index (χ2n) is 4.42. The van der Waals surface area contributed by atoms with Crippen molar-refractivity contribution >= 4 is 11.5 Å². The van der Waals surface area contributed by atoms with Gasteiger partial charge in [0.25, 0.3) is 0 Å². The Morgan fingerprint density at radius 1 is 1.24 bits per heavy atom. The molecule has 92 valence electrons. The third kappa shape index (κ3) is 4.04. The number of carbonyl (C=O) groups is 1. The zero-order chi connectivity index (χ0) is 12.8. The number of para-hydroxylation sites is 1. The average molecular weight is 232 g/mol. The molecule has 0 saturated carbocycles. The quantitative estimate of drug-likeness (QED) is 0.767. The van der Waals surface area contributed by atoms with Gasteiger partial charge in [-0.05, 0) is 19.1 Å². The fourth-order valence-corrected chi connectivity index (χ4v) is 1.46. The van der Waals surface area contributed by atoms with Gasteiger partial charge in [0.15, 0.2) is 5.78 Å². The molecular formula is C14H20N2O. The number of hydrogen-bond donors (Lipinski definition) is 2. The van der Waals surface area contributed by atoms with Crippen LogP contribution in [0.25, 0.3) is 0 Å². The molecule has 0 saturated heterocycles. The largest absolute Gasteiger partial charge is 0.361 e. The third-order valence-corrected chi connectivity index (χ3v) is 2.47. The highest BCUT2D eigenvalue weighted by Gasteiger charge is 2.16. The smallest absolute Gasteiger partial charge is 0.164 e. The van der Waals surface area contributed by atoms with E-state index >= 15 is 0 Å². The lowest BCUT2D eigenvalue weighted by molar-refractivity contribution is -0.118. The van der Waals surface area contributed by atoms with Gasteiger partial charge in [0.05, 0.1) is 0 Å². The Morgan fingerprint density at radius 2 is 1.82 bits per heavy atom. The van der Waals surface area contributed by atoms with Crippen LogP contribution in [0.4, 0.5) is 5.69 Å². The van der Waals surface area contributed by atoms with Gasteiger partial charge in [0.2, 0.25) is 0 Å². The first-order valence-corrected chi connectivity index (χ1v) is 5.83. The molecule has 0 spiro atoms. The predicted molar refractivity (Wildman–Crippen MR) is 71.6 cm³/mol. The summed E-state index contributed by atoms with van der Waals surface area (Å²) < 4.78 is 0. The van der Waals surface area contributed by atoms with Crippen LogP contribution in [-0.4, -0.2) is 11.8 Å². The van der Waals surface area contributed by atoms with E-state index in [1.54, 1.807) is 6.20 Å². The third-order valence-electron chi connectivity index (χ3n) is 2.47. The van der Waals surface area contributed by atoms with Crippen LogP contribution in [0.3, 0.4) is 0 Å². The van der Waals surface area contributed by atoms with Crippen molar-refractivity contribution in [2.24, 2.45) is 11.7 Å². The molecule has 0 bridgehead atoms. The van der Waals surface area contributed by atoms with E-state index in [-0.39, 0.29) is 17.7 Å². The van der Waals surface area contributed by atoms with E-state index in [4.69, 9.17) is 5.73 Å². The molecule has 1 aromatic carbocycles. The number of rotatable bonds is 5. The predicted octanol–water partition coefficient (Wildman–Crippen LogP) is 2.55. The summed E-state index contributed by atoms with van der Waals surface area (Å²) in [6.45, 7) is 5.57. The molecule has 17 heavy (non-hydrogen) atoms. The van der Waals surface area contributed by atoms with Crippen molar-refractivity contribution < 1.29 is 4.79 Å². The minimum Gasteiger partial charge on any atom is -0.361 e. The van der Waals surface area contributed by atoms with Crippen LogP contribution < -0.4 is 11.1 Å². The molecule has 0 fully saturated rings. The molecule has 1 atom stereocenters. The Balaban J connectivity index is 2.82. The van der Waals surface area contributed by atoms with Crippen LogP contribution in [-0.2, 0) is 4.79 Å². The average Bonchev–Trinajstić information content (AvgIpc) is 2.29. The molecule has 3 heteroatoms. The van der Waals surface area contributed by atoms with Crippen LogP contribution >= 0.6 is 0 Å². The number of nitrogens with one attached hydrogen (secondary N) is 1. The van der Waals surface area contributed by atoms with Gasteiger partial charge in [-0.3, -0.25) is 4.79 Å². The van der Waals surface area contributed by atoms with Crippen LogP contribution in [0.1, 0.15) is 20.8 Å². The monoisotopic (exact) mass is 232 g/mol. The minimum absolute atomic E-state index is 0.0372. The molecule has 0 aliphatic rings. The highest BCUT2D eigenvalue weighted by molar-refractivity contribution is 5.98. The summed E-state index contributed by atoms with van der Waals surface area (Å²) in [6, 6.07) is 9.43. The van der Waals surface area contributed by atoms with Gasteiger partial charge in [-0.25, -0.2) is 0 Å². The summed E-state index contributed by atoms with van der Waals surface area (Å²) >= 11 is 0. The Kier molecular flexibility index (Phi) is 4.91. The topological polar surface area (TPSA) is 55.1 Å². The molecule has 0 aliphatic heterocycles. The van der Waals surface area contributed by atoms with Crippen LogP contribution in [0.15, 0.2) is 42.1 Å². The number of benzene rings is 1. The summed E-state index contributed by atoms with van der Waals surface area (Å²) in [7, 11) is 0. The van der Waals surface area contributed by atoms with Gasteiger partial charge in [-0.1, -0.05) is 32.0 Å². The van der Waals surface area contributed by atoms with E-state index in [0.29, 0.717) is 5.57 Å². The Hall–Kier alpha value is -1.61. The van der Waals surface area contributed by atoms with Crippen LogP contribution in [0, 0.1) is 5.92 Å². The van der Waals surface area contributed by atoms with Crippen molar-refractivity contribution in [3.8, 4) is 0 Å². The Labute approximate surface area is 103 Å². The van der Waals surface area contributed by atoms with E-state index in [9.17, 15) is 4.79 Å². The highest BCUT2D eigenvalue weighted by atomic mass is 16.1. The number of nitrogens with two attached hydrogens (primary N) is 1. The first kappa shape index (κ1) is 13.5. The molecule has 3 N–H and O–H groups in total. The molecule has 1 unspecified atom stereocenters. The normalized spacial score (nSPS) is 13.6. The van der Waals surface area contributed by atoms with Crippen molar-refractivity contribution in [3.05, 3.63) is 42.1 Å². The van der Waals surface area contributed by atoms with Gasteiger partial charge >= 0.3 is 0 Å². The number of carbonyl (C=O) groups excluding carboxylic acids is 1. The van der Waals surface area contributed by atoms with E-state index in [1.807, 2.05) is 51.1 Å². The van der Waals surface area contributed by atoms with Crippen molar-refractivity contribution in [1.29, 1.82) is 0 Å². The minimum atomic E-state index is -0.263. The summed E-state index contributed by atoms with van der Waals surface area (Å²) in [6.07, 6.45) is 1.71. The highest BCUT2D eigenvalue weighted by Crippen LogP contribution is 2.11. The van der Waals surface area contributed by atoms with Gasteiger partial charge < -0.3 is 11.1 Å². The number of Topliss-reactive ketones (excluding diaryl/α,β-unsaturated/α-hetero) is 1. The zero-order valence-electron chi connectivity index (χ0n) is 10.6. The zero-order valence-corrected chi connectivity index (χ0v) is 10.6. The first-order chi connectivity index (χ1) is 8.02. The van der Waals surface area contributed by atoms with Crippen molar-refractivity contribution in [3.63, 3.8) is 0 Å². The van der Waals surface area contributed by atoms with E-state index in [1.165, 1.54) is 0 Å². The van der Waals surface area contributed by atoms with Gasteiger partial charge in [0, 0.05) is 29.4 Å². The number of anilines is 1. The maximum atomic E-state index is 11.9. The lowest BCUT2D eigenvalue weighted by atomic mass is 9.97. The molecule has 3 nitrogen and oxygen atoms in total. The van der Waals surface area contributed by atoms with E-state index in [2.05, 4.69) is 5.32 Å². The van der Waals surface area contributed by atoms with Crippen LogP contribution in [0.5, 0.6) is 0 Å². The summed E-state index contributed by atoms with van der Waals surface area (Å²) in [5.41, 5.74) is 7.39. The van der Waals surface area contributed by atoms with Crippen molar-refractivity contribution in [2.45, 2.75) is 26.8 Å². The molecule has 0 aromatic heterocycles. The summed E-state index contributed by atoms with van der Waals surface area (Å²) in [5.74, 6) is 0.0493. The van der Waals surface area contributed by atoms with E-state index < -0.39 is 0 Å². The summed E-state index contributed by atoms with van der Waals surface area (Å²) in [5, 5.41) is 3.10. The second-order valence-corrected chi connectivity index (χ2v) is 4.42. The van der Waals surface area contributed by atoms with Crippen molar-refractivity contribution in [2.75, 3.05) is 5.32 Å². The Morgan fingerprint density at radius 3 is 2.29 bits per heavy atom. The molecule has 0 amide bonds. The van der Waals surface area contributed by atoms with Gasteiger partial charge in [-0.15, -0.1) is 0 Å². The second kappa shape index (κ2) is 6.21. The maximum Gasteiger partial charge on any atom is 0.164 e. The number of ketones is 1. The fraction of sp³-hybridized carbons (Fsp3) is 0.357. The van der Waals surface area contributed by atoms with Crippen molar-refractivity contribution in [1.82, 2.24) is 0 Å². The first-order valence-electron chi connectivity index (χ1n) is 5.83. The SMILES string of the molecule is CC(C)C(=O)/C(=C/Nc1ccccc1)C(C)N. The van der Waals surface area contributed by atoms with Gasteiger partial charge in [0.1, 0.15) is 0 Å². The van der Waals surface area contributed by atoms with E-state index in [0.717, 1.165) is 5.69 Å². The molecule has 1 aromatic rings. The summed E-state index contributed by atoms with van der Waals surface area (Å²) in [4.78, 5) is 11.9. The molecule has 0 aliphatic carbocycles. The maximum absolute atomic E-state index is 11.9. The standard InChI is InChI=1S/C14H20N2O/c1-10(2)14(17)13(11(3)15)9-16-12-7-5-4-6-8-12/h4-11,16H,15H2,1-3H3/b13-9+. The Bertz CT molecular complexity index is 394. The number of hydrogen-bond acceptors (Lipinski definition) is 3.